The third-order valence-corrected chi connectivity index (χ3v) is 10.7. The van der Waals surface area contributed by atoms with Crippen LogP contribution in [0.15, 0.2) is 60.8 Å². The number of ether oxygens (including phenoxy) is 1. The molecule has 0 amide bonds. The van der Waals surface area contributed by atoms with E-state index in [2.05, 4.69) is 77.2 Å². The molecule has 248 valence electrons. The van der Waals surface area contributed by atoms with E-state index in [1.54, 1.807) is 0 Å². The number of aromatic nitrogens is 1. The van der Waals surface area contributed by atoms with E-state index < -0.39 is 17.9 Å². The molecule has 3 aromatic carbocycles. The maximum absolute atomic E-state index is 13.6. The van der Waals surface area contributed by atoms with Gasteiger partial charge in [-0.15, -0.1) is 0 Å². The molecule has 0 saturated carbocycles. The molecule has 0 radical (unpaired) electrons. The SMILES string of the molecule is Cc1c(COc2ccc(CN3CCCCC3C(=O)O)c3c2CCC3)cccc1-c1cccc2c1ccn2CCCN1CCC(F)(F)C1. The summed E-state index contributed by atoms with van der Waals surface area (Å²) in [6.45, 7) is 6.00. The Kier molecular flexibility index (Phi) is 9.07. The summed E-state index contributed by atoms with van der Waals surface area (Å²) in [6.07, 6.45) is 8.77. The van der Waals surface area contributed by atoms with Gasteiger partial charge >= 0.3 is 5.97 Å². The fourth-order valence-electron chi connectivity index (χ4n) is 8.11. The van der Waals surface area contributed by atoms with Gasteiger partial charge in [-0.05, 0) is 109 Å². The molecule has 8 heteroatoms. The fourth-order valence-corrected chi connectivity index (χ4v) is 8.11. The molecule has 1 aromatic heterocycles. The number of rotatable bonds is 11. The molecule has 0 bridgehead atoms. The molecule has 4 aromatic rings. The average Bonchev–Trinajstić information content (AvgIpc) is 3.80. The number of hydrogen-bond acceptors (Lipinski definition) is 4. The molecule has 3 aliphatic rings. The van der Waals surface area contributed by atoms with Crippen LogP contribution in [-0.4, -0.2) is 63.6 Å². The number of halogens is 2. The summed E-state index contributed by atoms with van der Waals surface area (Å²) in [6, 6.07) is 18.9. The maximum Gasteiger partial charge on any atom is 0.320 e. The van der Waals surface area contributed by atoms with Crippen molar-refractivity contribution in [2.24, 2.45) is 0 Å². The van der Waals surface area contributed by atoms with E-state index in [-0.39, 0.29) is 13.0 Å². The summed E-state index contributed by atoms with van der Waals surface area (Å²) in [5.74, 6) is -2.31. The second-order valence-corrected chi connectivity index (χ2v) is 13.7. The highest BCUT2D eigenvalue weighted by Gasteiger charge is 2.37. The van der Waals surface area contributed by atoms with Crippen LogP contribution in [-0.2, 0) is 37.3 Å². The normalized spacial score (nSPS) is 19.8. The quantitative estimate of drug-likeness (QED) is 0.181. The number of carboxylic acids is 1. The predicted molar refractivity (Wildman–Crippen MR) is 181 cm³/mol. The Hall–Kier alpha value is -3.75. The van der Waals surface area contributed by atoms with Crippen LogP contribution in [0.4, 0.5) is 8.78 Å². The van der Waals surface area contributed by atoms with Crippen molar-refractivity contribution >= 4 is 16.9 Å². The van der Waals surface area contributed by atoms with Crippen LogP contribution in [0.2, 0.25) is 0 Å². The summed E-state index contributed by atoms with van der Waals surface area (Å²) in [4.78, 5) is 15.9. The van der Waals surface area contributed by atoms with Gasteiger partial charge in [-0.2, -0.15) is 0 Å². The second kappa shape index (κ2) is 13.4. The highest BCUT2D eigenvalue weighted by Crippen LogP contribution is 2.37. The van der Waals surface area contributed by atoms with Gasteiger partial charge in [-0.25, -0.2) is 8.78 Å². The number of carbonyl (C=O) groups is 1. The van der Waals surface area contributed by atoms with Gasteiger partial charge in [-0.3, -0.25) is 14.6 Å². The van der Waals surface area contributed by atoms with Crippen molar-refractivity contribution in [2.45, 2.75) is 90.0 Å². The third-order valence-electron chi connectivity index (χ3n) is 10.7. The van der Waals surface area contributed by atoms with E-state index in [1.807, 2.05) is 4.90 Å². The van der Waals surface area contributed by atoms with Crippen LogP contribution in [0.1, 0.15) is 66.3 Å². The smallest absolute Gasteiger partial charge is 0.320 e. The Balaban J connectivity index is 1.05. The van der Waals surface area contributed by atoms with E-state index in [0.717, 1.165) is 74.9 Å². The lowest BCUT2D eigenvalue weighted by atomic mass is 9.94. The monoisotopic (exact) mass is 641 g/mol. The Labute approximate surface area is 275 Å². The number of likely N-dealkylation sites (tertiary alicyclic amines) is 2. The van der Waals surface area contributed by atoms with Crippen LogP contribution in [0.3, 0.4) is 0 Å². The minimum Gasteiger partial charge on any atom is -0.489 e. The Morgan fingerprint density at radius 2 is 1.77 bits per heavy atom. The summed E-state index contributed by atoms with van der Waals surface area (Å²) in [5.41, 5.74) is 9.74. The van der Waals surface area contributed by atoms with Crippen molar-refractivity contribution in [1.29, 1.82) is 0 Å². The summed E-state index contributed by atoms with van der Waals surface area (Å²) >= 11 is 0. The maximum atomic E-state index is 13.6. The number of carboxylic acid groups (broad SMARTS) is 1. The van der Waals surface area contributed by atoms with Crippen molar-refractivity contribution in [1.82, 2.24) is 14.4 Å². The zero-order valence-corrected chi connectivity index (χ0v) is 27.3. The molecule has 6 nitrogen and oxygen atoms in total. The molecule has 3 heterocycles. The fraction of sp³-hybridized carbons (Fsp3) is 0.462. The first kappa shape index (κ1) is 31.8. The Bertz CT molecular complexity index is 1770. The summed E-state index contributed by atoms with van der Waals surface area (Å²) in [7, 11) is 0. The number of piperidine rings is 1. The van der Waals surface area contributed by atoms with Gasteiger partial charge in [0.1, 0.15) is 18.4 Å². The molecule has 7 rings (SSSR count). The number of alkyl halides is 2. The zero-order valence-electron chi connectivity index (χ0n) is 27.3. The average molecular weight is 642 g/mol. The molecule has 2 aliphatic heterocycles. The van der Waals surface area contributed by atoms with Crippen molar-refractivity contribution in [3.63, 3.8) is 0 Å². The Morgan fingerprint density at radius 3 is 2.60 bits per heavy atom. The Morgan fingerprint density at radius 1 is 0.936 bits per heavy atom. The van der Waals surface area contributed by atoms with Crippen LogP contribution >= 0.6 is 0 Å². The largest absolute Gasteiger partial charge is 0.489 e. The lowest BCUT2D eigenvalue weighted by Crippen LogP contribution is -2.44. The van der Waals surface area contributed by atoms with Gasteiger partial charge in [0, 0.05) is 49.7 Å². The van der Waals surface area contributed by atoms with Gasteiger partial charge in [0.15, 0.2) is 0 Å². The highest BCUT2D eigenvalue weighted by molar-refractivity contribution is 5.96. The van der Waals surface area contributed by atoms with Crippen molar-refractivity contribution < 1.29 is 23.4 Å². The van der Waals surface area contributed by atoms with Crippen molar-refractivity contribution in [3.8, 4) is 16.9 Å². The molecule has 47 heavy (non-hydrogen) atoms. The molecule has 1 unspecified atom stereocenters. The molecular weight excluding hydrogens is 596 g/mol. The first-order valence-corrected chi connectivity index (χ1v) is 17.3. The summed E-state index contributed by atoms with van der Waals surface area (Å²) < 4.78 is 36.0. The van der Waals surface area contributed by atoms with Crippen LogP contribution < -0.4 is 4.74 Å². The standard InChI is InChI=1S/C39H45F2N3O3/c1-27-29(25-47-37-16-15-28(31-10-5-12-34(31)37)24-44-20-3-2-13-36(44)38(45)46)8-4-9-30(27)32-11-6-14-35-33(32)17-22-43(35)21-7-19-42-23-18-39(40,41)26-42/h4,6,8-9,11,14-17,22,36H,2-3,5,7,10,12-13,18-21,23-26H2,1H3,(H,45,46). The van der Waals surface area contributed by atoms with Gasteiger partial charge in [0.2, 0.25) is 0 Å². The van der Waals surface area contributed by atoms with Gasteiger partial charge in [-0.1, -0.05) is 42.8 Å². The van der Waals surface area contributed by atoms with Crippen LogP contribution in [0.25, 0.3) is 22.0 Å². The first-order valence-electron chi connectivity index (χ1n) is 17.3. The number of aryl methyl sites for hydroxylation is 1. The number of hydrogen-bond donors (Lipinski definition) is 1. The molecular formula is C39H45F2N3O3. The zero-order chi connectivity index (χ0) is 32.5. The second-order valence-electron chi connectivity index (χ2n) is 13.7. The number of fused-ring (bicyclic) bond motifs is 2. The molecule has 0 spiro atoms. The predicted octanol–water partition coefficient (Wildman–Crippen LogP) is 7.85. The molecule has 2 fully saturated rings. The van der Waals surface area contributed by atoms with Gasteiger partial charge < -0.3 is 14.4 Å². The number of aliphatic carboxylic acids is 1. The lowest BCUT2D eigenvalue weighted by Gasteiger charge is -2.33. The van der Waals surface area contributed by atoms with Gasteiger partial charge in [0.05, 0.1) is 6.54 Å². The molecule has 2 saturated heterocycles. The van der Waals surface area contributed by atoms with Gasteiger partial charge in [0.25, 0.3) is 5.92 Å². The van der Waals surface area contributed by atoms with E-state index >= 15 is 0 Å². The first-order chi connectivity index (χ1) is 22.8. The minimum absolute atomic E-state index is 0.0316. The number of benzene rings is 3. The highest BCUT2D eigenvalue weighted by atomic mass is 19.3. The number of nitrogens with zero attached hydrogens (tertiary/aromatic N) is 3. The van der Waals surface area contributed by atoms with Crippen LogP contribution in [0.5, 0.6) is 5.75 Å². The van der Waals surface area contributed by atoms with Crippen LogP contribution in [0, 0.1) is 6.92 Å². The van der Waals surface area contributed by atoms with E-state index in [4.69, 9.17) is 4.74 Å². The molecule has 1 aliphatic carbocycles. The third kappa shape index (κ3) is 6.68. The van der Waals surface area contributed by atoms with E-state index in [0.29, 0.717) is 26.2 Å². The van der Waals surface area contributed by atoms with E-state index in [1.165, 1.54) is 38.8 Å². The topological polar surface area (TPSA) is 57.9 Å². The van der Waals surface area contributed by atoms with Crippen molar-refractivity contribution in [3.05, 3.63) is 88.6 Å². The van der Waals surface area contributed by atoms with Crippen molar-refractivity contribution in [2.75, 3.05) is 26.2 Å². The molecule has 1 atom stereocenters. The van der Waals surface area contributed by atoms with E-state index in [9.17, 15) is 18.7 Å². The summed E-state index contributed by atoms with van der Waals surface area (Å²) in [5, 5.41) is 11.0. The lowest BCUT2D eigenvalue weighted by molar-refractivity contribution is -0.144. The minimum atomic E-state index is -2.54. The molecule has 1 N–H and O–H groups in total.